The van der Waals surface area contributed by atoms with E-state index in [1.165, 1.54) is 0 Å². The molecule has 0 aliphatic carbocycles. The number of piperazine rings is 1. The van der Waals surface area contributed by atoms with Gasteiger partial charge in [0.1, 0.15) is 0 Å². The number of anilines is 1. The summed E-state index contributed by atoms with van der Waals surface area (Å²) < 4.78 is 24.8. The fraction of sp³-hybridized carbons (Fsp3) is 0.778. The van der Waals surface area contributed by atoms with Crippen molar-refractivity contribution in [1.29, 1.82) is 0 Å². The smallest absolute Gasteiger partial charge is 0.291 e. The predicted molar refractivity (Wildman–Crippen MR) is 59.1 cm³/mol. The summed E-state index contributed by atoms with van der Waals surface area (Å²) in [6, 6.07) is 0.602. The average Bonchev–Trinajstić information content (AvgIpc) is 2.70. The number of halogens is 2. The maximum absolute atomic E-state index is 12.4. The summed E-state index contributed by atoms with van der Waals surface area (Å²) >= 11 is 0.979. The first-order chi connectivity index (χ1) is 7.58. The lowest BCUT2D eigenvalue weighted by molar-refractivity contribution is 0.150. The number of aromatic nitrogens is 2. The molecule has 0 aromatic carbocycles. The van der Waals surface area contributed by atoms with E-state index in [1.54, 1.807) is 0 Å². The molecule has 0 spiro atoms. The molecule has 1 aromatic heterocycles. The summed E-state index contributed by atoms with van der Waals surface area (Å²) in [4.78, 5) is 2.03. The van der Waals surface area contributed by atoms with Gasteiger partial charge in [-0.3, -0.25) is 0 Å². The number of rotatable bonds is 2. The van der Waals surface area contributed by atoms with Crippen LogP contribution < -0.4 is 10.2 Å². The number of hydrogen-bond donors (Lipinski definition) is 1. The zero-order chi connectivity index (χ0) is 11.7. The van der Waals surface area contributed by atoms with Crippen LogP contribution in [0.1, 0.15) is 25.3 Å². The summed E-state index contributed by atoms with van der Waals surface area (Å²) in [5.41, 5.74) is 0. The van der Waals surface area contributed by atoms with Crippen LogP contribution in [0.3, 0.4) is 0 Å². The third kappa shape index (κ3) is 2.30. The van der Waals surface area contributed by atoms with Gasteiger partial charge in [-0.2, -0.15) is 0 Å². The Balaban J connectivity index is 2.15. The molecule has 0 amide bonds. The van der Waals surface area contributed by atoms with E-state index in [9.17, 15) is 8.78 Å². The molecule has 4 nitrogen and oxygen atoms in total. The lowest BCUT2D eigenvalue weighted by Gasteiger charge is -2.37. The molecule has 1 aliphatic rings. The molecule has 90 valence electrons. The Kier molecular flexibility index (Phi) is 3.34. The predicted octanol–water partition coefficient (Wildman–Crippen LogP) is 1.66. The number of nitrogens with zero attached hydrogens (tertiary/aromatic N) is 3. The highest BCUT2D eigenvalue weighted by atomic mass is 32.1. The molecule has 16 heavy (non-hydrogen) atoms. The maximum Gasteiger partial charge on any atom is 0.291 e. The van der Waals surface area contributed by atoms with E-state index < -0.39 is 6.43 Å². The van der Waals surface area contributed by atoms with Crippen LogP contribution in [0.2, 0.25) is 0 Å². The minimum atomic E-state index is -2.53. The van der Waals surface area contributed by atoms with Crippen molar-refractivity contribution in [2.45, 2.75) is 32.4 Å². The topological polar surface area (TPSA) is 41.1 Å². The van der Waals surface area contributed by atoms with Crippen LogP contribution in [0.5, 0.6) is 0 Å². The fourth-order valence-corrected chi connectivity index (χ4v) is 2.53. The van der Waals surface area contributed by atoms with Crippen molar-refractivity contribution in [3.63, 3.8) is 0 Å². The standard InChI is InChI=1S/C9H14F2N4S/c1-5-4-15(6(2)3-12-5)9-14-13-8(16-9)7(10)11/h5-7,12H,3-4H2,1-2H3. The first-order valence-corrected chi connectivity index (χ1v) is 6.01. The van der Waals surface area contributed by atoms with Crippen LogP contribution in [0.25, 0.3) is 0 Å². The van der Waals surface area contributed by atoms with Crippen molar-refractivity contribution >= 4 is 16.5 Å². The molecule has 0 saturated carbocycles. The van der Waals surface area contributed by atoms with Crippen LogP contribution in [0, 0.1) is 0 Å². The minimum absolute atomic E-state index is 0.201. The molecular formula is C9H14F2N4S. The van der Waals surface area contributed by atoms with Crippen molar-refractivity contribution in [1.82, 2.24) is 15.5 Å². The second kappa shape index (κ2) is 4.58. The van der Waals surface area contributed by atoms with E-state index >= 15 is 0 Å². The zero-order valence-corrected chi connectivity index (χ0v) is 9.97. The SMILES string of the molecule is CC1CN(c2nnc(C(F)F)s2)C(C)CN1. The third-order valence-electron chi connectivity index (χ3n) is 2.63. The van der Waals surface area contributed by atoms with Gasteiger partial charge in [-0.05, 0) is 13.8 Å². The van der Waals surface area contributed by atoms with Gasteiger partial charge < -0.3 is 10.2 Å². The highest BCUT2D eigenvalue weighted by Crippen LogP contribution is 2.29. The second-order valence-electron chi connectivity index (χ2n) is 4.03. The zero-order valence-electron chi connectivity index (χ0n) is 9.15. The van der Waals surface area contributed by atoms with Gasteiger partial charge in [0.2, 0.25) is 5.13 Å². The molecule has 2 atom stereocenters. The Bertz CT molecular complexity index is 357. The van der Waals surface area contributed by atoms with E-state index in [0.29, 0.717) is 11.2 Å². The molecule has 2 heterocycles. The van der Waals surface area contributed by atoms with Gasteiger partial charge in [0.05, 0.1) is 0 Å². The molecule has 1 saturated heterocycles. The van der Waals surface area contributed by atoms with E-state index in [-0.39, 0.29) is 11.0 Å². The number of hydrogen-bond acceptors (Lipinski definition) is 5. The molecule has 1 N–H and O–H groups in total. The van der Waals surface area contributed by atoms with Crippen LogP contribution in [-0.2, 0) is 0 Å². The maximum atomic E-state index is 12.4. The lowest BCUT2D eigenvalue weighted by atomic mass is 10.1. The molecule has 2 rings (SSSR count). The Morgan fingerprint density at radius 3 is 2.81 bits per heavy atom. The van der Waals surface area contributed by atoms with Gasteiger partial charge in [-0.15, -0.1) is 10.2 Å². The molecule has 1 aromatic rings. The van der Waals surface area contributed by atoms with Crippen molar-refractivity contribution in [3.05, 3.63) is 5.01 Å². The van der Waals surface area contributed by atoms with Crippen LogP contribution in [-0.4, -0.2) is 35.4 Å². The highest BCUT2D eigenvalue weighted by Gasteiger charge is 2.26. The Hall–Kier alpha value is -0.820. The minimum Gasteiger partial charge on any atom is -0.341 e. The lowest BCUT2D eigenvalue weighted by Crippen LogP contribution is -2.54. The first kappa shape index (κ1) is 11.7. The Morgan fingerprint density at radius 1 is 1.44 bits per heavy atom. The fourth-order valence-electron chi connectivity index (χ4n) is 1.72. The van der Waals surface area contributed by atoms with Crippen molar-refractivity contribution < 1.29 is 8.78 Å². The van der Waals surface area contributed by atoms with Gasteiger partial charge >= 0.3 is 0 Å². The summed E-state index contributed by atoms with van der Waals surface area (Å²) in [5.74, 6) is 0. The van der Waals surface area contributed by atoms with Crippen LogP contribution in [0.15, 0.2) is 0 Å². The molecule has 0 bridgehead atoms. The van der Waals surface area contributed by atoms with Gasteiger partial charge in [0.25, 0.3) is 6.43 Å². The first-order valence-electron chi connectivity index (χ1n) is 5.19. The van der Waals surface area contributed by atoms with Crippen LogP contribution in [0.4, 0.5) is 13.9 Å². The molecule has 1 fully saturated rings. The van der Waals surface area contributed by atoms with Crippen molar-refractivity contribution in [2.75, 3.05) is 18.0 Å². The summed E-state index contributed by atoms with van der Waals surface area (Å²) in [7, 11) is 0. The monoisotopic (exact) mass is 248 g/mol. The average molecular weight is 248 g/mol. The van der Waals surface area contributed by atoms with Crippen molar-refractivity contribution in [3.8, 4) is 0 Å². The van der Waals surface area contributed by atoms with E-state index in [1.807, 2.05) is 11.8 Å². The summed E-state index contributed by atoms with van der Waals surface area (Å²) in [6.07, 6.45) is -2.53. The largest absolute Gasteiger partial charge is 0.341 e. The number of alkyl halides is 2. The highest BCUT2D eigenvalue weighted by molar-refractivity contribution is 7.15. The van der Waals surface area contributed by atoms with Gasteiger partial charge in [-0.25, -0.2) is 8.78 Å². The van der Waals surface area contributed by atoms with E-state index in [0.717, 1.165) is 24.4 Å². The third-order valence-corrected chi connectivity index (χ3v) is 3.59. The molecular weight excluding hydrogens is 234 g/mol. The molecule has 2 unspecified atom stereocenters. The van der Waals surface area contributed by atoms with Crippen LogP contribution >= 0.6 is 11.3 Å². The quantitative estimate of drug-likeness (QED) is 0.864. The Labute approximate surface area is 96.7 Å². The van der Waals surface area contributed by atoms with E-state index in [2.05, 4.69) is 22.4 Å². The second-order valence-corrected chi connectivity index (χ2v) is 5.02. The Morgan fingerprint density at radius 2 is 2.19 bits per heavy atom. The number of nitrogens with one attached hydrogen (secondary N) is 1. The molecule has 0 radical (unpaired) electrons. The summed E-state index contributed by atoms with van der Waals surface area (Å²) in [5, 5.41) is 11.1. The van der Waals surface area contributed by atoms with Gasteiger partial charge in [-0.1, -0.05) is 11.3 Å². The molecule has 7 heteroatoms. The normalized spacial score (nSPS) is 26.4. The molecule has 1 aliphatic heterocycles. The van der Waals surface area contributed by atoms with Gasteiger partial charge in [0, 0.05) is 25.2 Å². The van der Waals surface area contributed by atoms with Crippen molar-refractivity contribution in [2.24, 2.45) is 0 Å². The summed E-state index contributed by atoms with van der Waals surface area (Å²) in [6.45, 7) is 5.72. The van der Waals surface area contributed by atoms with E-state index in [4.69, 9.17) is 0 Å². The van der Waals surface area contributed by atoms with Gasteiger partial charge in [0.15, 0.2) is 5.01 Å².